The Hall–Kier alpha value is -6.78. The van der Waals surface area contributed by atoms with Gasteiger partial charge in [-0.1, -0.05) is 134 Å². The largest absolute Gasteiger partial charge is 0.354 e. The number of rotatable bonds is 5. The highest BCUT2D eigenvalue weighted by Gasteiger charge is 2.20. The van der Waals surface area contributed by atoms with E-state index in [9.17, 15) is 0 Å². The number of benzene rings is 4. The molecule has 0 atom stereocenters. The molecule has 50 heavy (non-hydrogen) atoms. The predicted molar refractivity (Wildman–Crippen MR) is 211 cm³/mol. The number of aromatic amines is 2. The topological polar surface area (TPSA) is 57.4 Å². The van der Waals surface area contributed by atoms with E-state index in [-0.39, 0.29) is 0 Å². The van der Waals surface area contributed by atoms with Crippen molar-refractivity contribution in [3.63, 3.8) is 0 Å². The lowest BCUT2D eigenvalue weighted by Crippen LogP contribution is -1.91. The van der Waals surface area contributed by atoms with Crippen molar-refractivity contribution in [1.29, 1.82) is 0 Å². The minimum absolute atomic E-state index is 0.864. The van der Waals surface area contributed by atoms with Crippen molar-refractivity contribution in [1.82, 2.24) is 19.9 Å². The first-order valence-electron chi connectivity index (χ1n) is 16.8. The summed E-state index contributed by atoms with van der Waals surface area (Å²) in [6.07, 6.45) is 10.4. The Morgan fingerprint density at radius 1 is 0.400 bits per heavy atom. The molecule has 2 aliphatic heterocycles. The van der Waals surface area contributed by atoms with E-state index in [2.05, 4.69) is 162 Å². The van der Waals surface area contributed by atoms with Crippen molar-refractivity contribution in [3.05, 3.63) is 174 Å². The van der Waals surface area contributed by atoms with Gasteiger partial charge in [-0.3, -0.25) is 0 Å². The molecule has 2 N–H and O–H groups in total. The zero-order valence-electron chi connectivity index (χ0n) is 27.3. The van der Waals surface area contributed by atoms with Gasteiger partial charge in [0.05, 0.1) is 28.3 Å². The van der Waals surface area contributed by atoms with Gasteiger partial charge in [0.1, 0.15) is 0 Å². The number of nitrogens with one attached hydrogen (secondary N) is 2. The third-order valence-electron chi connectivity index (χ3n) is 9.37. The molecular formula is C46H32N4. The Kier molecular flexibility index (Phi) is 7.25. The highest BCUT2D eigenvalue weighted by atomic mass is 14.8. The number of hydrogen-bond donors (Lipinski definition) is 2. The van der Waals surface area contributed by atoms with E-state index in [0.29, 0.717) is 0 Å². The molecule has 2 aliphatic rings. The van der Waals surface area contributed by atoms with Gasteiger partial charge in [-0.15, -0.1) is 0 Å². The van der Waals surface area contributed by atoms with Gasteiger partial charge in [-0.05, 0) is 64.8 Å². The summed E-state index contributed by atoms with van der Waals surface area (Å²) in [4.78, 5) is 18.4. The number of aromatic nitrogens is 4. The molecule has 0 amide bonds. The summed E-state index contributed by atoms with van der Waals surface area (Å²) < 4.78 is 0. The van der Waals surface area contributed by atoms with Crippen LogP contribution in [0.25, 0.3) is 97.0 Å². The van der Waals surface area contributed by atoms with Crippen LogP contribution < -0.4 is 0 Å². The summed E-state index contributed by atoms with van der Waals surface area (Å²) >= 11 is 0. The van der Waals surface area contributed by atoms with Gasteiger partial charge in [-0.2, -0.15) is 0 Å². The van der Waals surface area contributed by atoms with Crippen LogP contribution in [-0.4, -0.2) is 19.9 Å². The fraction of sp³-hybridized carbons (Fsp3) is 0. The van der Waals surface area contributed by atoms with E-state index >= 15 is 0 Å². The fourth-order valence-corrected chi connectivity index (χ4v) is 7.11. The molecule has 4 nitrogen and oxygen atoms in total. The monoisotopic (exact) mass is 640 g/mol. The standard InChI is InChI=1S/C46H32N4/c1-2-30-29-41-44(33-19-11-5-12-20-33)39-26-25-37(48-39)42(31-15-7-3-8-16-31)35-23-24-36(47-35)43(32-17-9-4-10-18-32)38-27-28-40(49-38)45(46(30)50-41)34-21-13-6-14-22-34/h2-29,48,50H,1H2. The average Bonchev–Trinajstić information content (AvgIpc) is 4.00. The quantitative estimate of drug-likeness (QED) is 0.197. The fourth-order valence-electron chi connectivity index (χ4n) is 7.11. The van der Waals surface area contributed by atoms with E-state index in [0.717, 1.165) is 94.9 Å². The Morgan fingerprint density at radius 3 is 1.30 bits per heavy atom. The summed E-state index contributed by atoms with van der Waals surface area (Å²) in [5.41, 5.74) is 16.8. The minimum atomic E-state index is 0.864. The van der Waals surface area contributed by atoms with E-state index in [1.807, 2.05) is 24.3 Å². The molecule has 0 saturated heterocycles. The van der Waals surface area contributed by atoms with Gasteiger partial charge in [-0.25, -0.2) is 9.97 Å². The molecule has 7 aromatic rings. The van der Waals surface area contributed by atoms with Crippen LogP contribution >= 0.6 is 0 Å². The van der Waals surface area contributed by atoms with Gasteiger partial charge in [0.25, 0.3) is 0 Å². The van der Waals surface area contributed by atoms with E-state index in [1.54, 1.807) is 0 Å². The molecule has 4 aromatic carbocycles. The molecule has 0 spiro atoms. The Labute approximate surface area is 290 Å². The second kappa shape index (κ2) is 12.3. The molecule has 5 heterocycles. The Morgan fingerprint density at radius 2 is 0.800 bits per heavy atom. The van der Waals surface area contributed by atoms with Crippen LogP contribution in [0.4, 0.5) is 0 Å². The summed E-state index contributed by atoms with van der Waals surface area (Å²) in [5.74, 6) is 0. The molecule has 236 valence electrons. The maximum Gasteiger partial charge on any atom is 0.0738 e. The van der Waals surface area contributed by atoms with Crippen molar-refractivity contribution in [3.8, 4) is 44.5 Å². The van der Waals surface area contributed by atoms with Crippen LogP contribution in [0.15, 0.2) is 146 Å². The molecule has 0 unspecified atom stereocenters. The van der Waals surface area contributed by atoms with E-state index < -0.39 is 0 Å². The van der Waals surface area contributed by atoms with Gasteiger partial charge < -0.3 is 9.97 Å². The summed E-state index contributed by atoms with van der Waals surface area (Å²) in [7, 11) is 0. The third-order valence-corrected chi connectivity index (χ3v) is 9.37. The first-order chi connectivity index (χ1) is 24.7. The molecule has 0 fully saturated rings. The van der Waals surface area contributed by atoms with E-state index in [1.165, 1.54) is 0 Å². The van der Waals surface area contributed by atoms with Crippen molar-refractivity contribution in [2.45, 2.75) is 0 Å². The molecule has 0 radical (unpaired) electrons. The van der Waals surface area contributed by atoms with Crippen molar-refractivity contribution in [2.75, 3.05) is 0 Å². The number of H-pyrrole nitrogens is 2. The van der Waals surface area contributed by atoms with Crippen LogP contribution in [0.5, 0.6) is 0 Å². The van der Waals surface area contributed by atoms with Gasteiger partial charge in [0.15, 0.2) is 0 Å². The average molecular weight is 641 g/mol. The van der Waals surface area contributed by atoms with Crippen LogP contribution in [0, 0.1) is 0 Å². The zero-order chi connectivity index (χ0) is 33.4. The van der Waals surface area contributed by atoms with Gasteiger partial charge in [0.2, 0.25) is 0 Å². The molecule has 3 aromatic heterocycles. The van der Waals surface area contributed by atoms with Crippen LogP contribution in [-0.2, 0) is 0 Å². The summed E-state index contributed by atoms with van der Waals surface area (Å²) in [6.45, 7) is 4.26. The van der Waals surface area contributed by atoms with Gasteiger partial charge in [0, 0.05) is 44.4 Å². The molecule has 9 rings (SSSR count). The smallest absolute Gasteiger partial charge is 0.0738 e. The lowest BCUT2D eigenvalue weighted by molar-refractivity contribution is 1.28. The van der Waals surface area contributed by atoms with Crippen LogP contribution in [0.1, 0.15) is 28.3 Å². The number of fused-ring (bicyclic) bond motifs is 8. The summed E-state index contributed by atoms with van der Waals surface area (Å²) in [5, 5.41) is 0. The number of nitrogens with zero attached hydrogens (tertiary/aromatic N) is 2. The minimum Gasteiger partial charge on any atom is -0.354 e. The Balaban J connectivity index is 1.52. The van der Waals surface area contributed by atoms with Crippen LogP contribution in [0.2, 0.25) is 0 Å². The molecular weight excluding hydrogens is 609 g/mol. The van der Waals surface area contributed by atoms with E-state index in [4.69, 9.17) is 9.97 Å². The molecule has 0 saturated carbocycles. The van der Waals surface area contributed by atoms with Crippen molar-refractivity contribution < 1.29 is 0 Å². The highest BCUT2D eigenvalue weighted by Crippen LogP contribution is 2.39. The predicted octanol–water partition coefficient (Wildman–Crippen LogP) is 12.0. The lowest BCUT2D eigenvalue weighted by Gasteiger charge is -2.07. The molecule has 4 heteroatoms. The van der Waals surface area contributed by atoms with Gasteiger partial charge >= 0.3 is 0 Å². The maximum atomic E-state index is 5.38. The first-order valence-corrected chi connectivity index (χ1v) is 16.8. The van der Waals surface area contributed by atoms with Crippen LogP contribution in [0.3, 0.4) is 0 Å². The SMILES string of the molecule is C=Cc1cc2[nH]c1c(-c1ccccc1)c1nc(c(-c3ccccc3)c3nc(c(-c4ccccc4)c4ccc([nH]4)c2-c2ccccc2)C=C3)C=C1. The third kappa shape index (κ3) is 5.11. The van der Waals surface area contributed by atoms with Crippen molar-refractivity contribution >= 4 is 52.4 Å². The maximum absolute atomic E-state index is 5.38. The lowest BCUT2D eigenvalue weighted by atomic mass is 10.0. The highest BCUT2D eigenvalue weighted by molar-refractivity contribution is 6.02. The molecule has 8 bridgehead atoms. The molecule has 0 aliphatic carbocycles. The number of hydrogen-bond acceptors (Lipinski definition) is 2. The second-order valence-corrected chi connectivity index (χ2v) is 12.4. The Bertz CT molecular complexity index is 2630. The van der Waals surface area contributed by atoms with Crippen molar-refractivity contribution in [2.24, 2.45) is 0 Å². The zero-order valence-corrected chi connectivity index (χ0v) is 27.3. The normalized spacial score (nSPS) is 11.9. The summed E-state index contributed by atoms with van der Waals surface area (Å²) in [6, 6.07) is 48.5. The second-order valence-electron chi connectivity index (χ2n) is 12.4. The first kappa shape index (κ1) is 29.4.